The van der Waals surface area contributed by atoms with Crippen molar-refractivity contribution in [3.63, 3.8) is 0 Å². The fourth-order valence-electron chi connectivity index (χ4n) is 3.12. The van der Waals surface area contributed by atoms with Crippen molar-refractivity contribution >= 4 is 22.7 Å². The third-order valence-corrected chi connectivity index (χ3v) is 4.74. The second-order valence-electron chi connectivity index (χ2n) is 7.05. The Morgan fingerprint density at radius 3 is 2.40 bits per heavy atom. The fourth-order valence-corrected chi connectivity index (χ4v) is 3.12. The molecule has 4 nitrogen and oxygen atoms in total. The van der Waals surface area contributed by atoms with Gasteiger partial charge in [-0.2, -0.15) is 13.2 Å². The van der Waals surface area contributed by atoms with Gasteiger partial charge in [0.15, 0.2) is 5.58 Å². The average molecular weight is 410 g/mol. The molecular formula is C23H17F3N2O2. The Morgan fingerprint density at radius 2 is 1.70 bits per heavy atom. The van der Waals surface area contributed by atoms with Gasteiger partial charge in [0, 0.05) is 16.8 Å². The number of nitrogens with one attached hydrogen (secondary N) is 1. The van der Waals surface area contributed by atoms with Crippen molar-refractivity contribution in [3.05, 3.63) is 82.9 Å². The standard InChI is InChI=1S/C23H17F3N2O2/c1-13-3-10-19-20(11-13)30-22(28-19)15-6-8-17(9-7-15)27-21(29)16-5-4-14(2)18(12-16)23(24,25)26/h3-12H,1-2H3,(H,27,29). The van der Waals surface area contributed by atoms with Crippen LogP contribution >= 0.6 is 0 Å². The van der Waals surface area contributed by atoms with E-state index in [1.807, 2.05) is 25.1 Å². The molecule has 152 valence electrons. The molecule has 0 bridgehead atoms. The zero-order valence-electron chi connectivity index (χ0n) is 16.2. The van der Waals surface area contributed by atoms with Gasteiger partial charge in [-0.05, 0) is 73.5 Å². The van der Waals surface area contributed by atoms with Gasteiger partial charge in [-0.1, -0.05) is 12.1 Å². The maximum absolute atomic E-state index is 13.1. The Kier molecular flexibility index (Phi) is 4.81. The van der Waals surface area contributed by atoms with Gasteiger partial charge in [0.2, 0.25) is 5.89 Å². The van der Waals surface area contributed by atoms with E-state index < -0.39 is 17.6 Å². The number of oxazole rings is 1. The van der Waals surface area contributed by atoms with Gasteiger partial charge >= 0.3 is 6.18 Å². The summed E-state index contributed by atoms with van der Waals surface area (Å²) >= 11 is 0. The molecule has 1 amide bonds. The summed E-state index contributed by atoms with van der Waals surface area (Å²) in [6.45, 7) is 3.32. The lowest BCUT2D eigenvalue weighted by atomic mass is 10.0. The minimum Gasteiger partial charge on any atom is -0.436 e. The highest BCUT2D eigenvalue weighted by Crippen LogP contribution is 2.32. The average Bonchev–Trinajstić information content (AvgIpc) is 3.11. The van der Waals surface area contributed by atoms with Crippen LogP contribution < -0.4 is 5.32 Å². The number of rotatable bonds is 3. The molecule has 3 aromatic carbocycles. The van der Waals surface area contributed by atoms with Crippen molar-refractivity contribution in [2.24, 2.45) is 0 Å². The Bertz CT molecular complexity index is 1240. The highest BCUT2D eigenvalue weighted by Gasteiger charge is 2.33. The first-order valence-electron chi connectivity index (χ1n) is 9.17. The molecule has 0 saturated heterocycles. The molecule has 7 heteroatoms. The molecule has 4 aromatic rings. The summed E-state index contributed by atoms with van der Waals surface area (Å²) in [7, 11) is 0. The van der Waals surface area contributed by atoms with Crippen molar-refractivity contribution in [3.8, 4) is 11.5 Å². The van der Waals surface area contributed by atoms with Crippen LogP contribution in [0.2, 0.25) is 0 Å². The van der Waals surface area contributed by atoms with E-state index in [1.165, 1.54) is 19.1 Å². The van der Waals surface area contributed by atoms with Crippen LogP contribution in [0.25, 0.3) is 22.6 Å². The van der Waals surface area contributed by atoms with E-state index >= 15 is 0 Å². The number of aryl methyl sites for hydroxylation is 2. The Morgan fingerprint density at radius 1 is 0.967 bits per heavy atom. The van der Waals surface area contributed by atoms with Crippen molar-refractivity contribution in [2.75, 3.05) is 5.32 Å². The number of fused-ring (bicyclic) bond motifs is 1. The molecule has 30 heavy (non-hydrogen) atoms. The third kappa shape index (κ3) is 3.91. The van der Waals surface area contributed by atoms with E-state index in [0.29, 0.717) is 17.2 Å². The summed E-state index contributed by atoms with van der Waals surface area (Å²) in [5.41, 5.74) is 2.84. The second-order valence-corrected chi connectivity index (χ2v) is 7.05. The van der Waals surface area contributed by atoms with Gasteiger partial charge in [-0.25, -0.2) is 4.98 Å². The smallest absolute Gasteiger partial charge is 0.416 e. The first-order valence-corrected chi connectivity index (χ1v) is 9.17. The van der Waals surface area contributed by atoms with Gasteiger partial charge in [0.25, 0.3) is 5.91 Å². The molecule has 1 heterocycles. The maximum Gasteiger partial charge on any atom is 0.416 e. The number of nitrogens with zero attached hydrogens (tertiary/aromatic N) is 1. The number of anilines is 1. The van der Waals surface area contributed by atoms with Crippen LogP contribution in [0, 0.1) is 13.8 Å². The number of carbonyl (C=O) groups excluding carboxylic acids is 1. The van der Waals surface area contributed by atoms with E-state index in [0.717, 1.165) is 22.7 Å². The van der Waals surface area contributed by atoms with Gasteiger partial charge in [-0.15, -0.1) is 0 Å². The lowest BCUT2D eigenvalue weighted by Crippen LogP contribution is -2.15. The molecule has 0 aliphatic rings. The maximum atomic E-state index is 13.1. The summed E-state index contributed by atoms with van der Waals surface area (Å²) in [6.07, 6.45) is -4.51. The molecular weight excluding hydrogens is 393 g/mol. The van der Waals surface area contributed by atoms with Crippen LogP contribution in [-0.4, -0.2) is 10.9 Å². The topological polar surface area (TPSA) is 55.1 Å². The van der Waals surface area contributed by atoms with E-state index in [9.17, 15) is 18.0 Å². The molecule has 0 saturated carbocycles. The Labute approximate surface area is 170 Å². The first kappa shape index (κ1) is 19.7. The number of alkyl halides is 3. The minimum atomic E-state index is -4.51. The number of halogens is 3. The molecule has 0 aliphatic carbocycles. The van der Waals surface area contributed by atoms with Crippen LogP contribution in [-0.2, 0) is 6.18 Å². The highest BCUT2D eigenvalue weighted by atomic mass is 19.4. The Balaban J connectivity index is 1.54. The number of hydrogen-bond acceptors (Lipinski definition) is 3. The second kappa shape index (κ2) is 7.33. The van der Waals surface area contributed by atoms with Crippen LogP contribution in [0.1, 0.15) is 27.0 Å². The Hall–Kier alpha value is -3.61. The largest absolute Gasteiger partial charge is 0.436 e. The number of hydrogen-bond donors (Lipinski definition) is 1. The summed E-state index contributed by atoms with van der Waals surface area (Å²) in [4.78, 5) is 16.8. The molecule has 4 rings (SSSR count). The summed E-state index contributed by atoms with van der Waals surface area (Å²) in [5.74, 6) is -0.174. The van der Waals surface area contributed by atoms with Gasteiger partial charge in [-0.3, -0.25) is 4.79 Å². The van der Waals surface area contributed by atoms with Crippen molar-refractivity contribution in [1.82, 2.24) is 4.98 Å². The zero-order chi connectivity index (χ0) is 21.5. The molecule has 1 aromatic heterocycles. The van der Waals surface area contributed by atoms with Gasteiger partial charge in [0.05, 0.1) is 5.56 Å². The number of benzene rings is 3. The first-order chi connectivity index (χ1) is 14.2. The van der Waals surface area contributed by atoms with Gasteiger partial charge < -0.3 is 9.73 Å². The molecule has 0 aliphatic heterocycles. The quantitative estimate of drug-likeness (QED) is 0.426. The molecule has 0 atom stereocenters. The van der Waals surface area contributed by atoms with Crippen molar-refractivity contribution in [2.45, 2.75) is 20.0 Å². The van der Waals surface area contributed by atoms with Crippen LogP contribution in [0.3, 0.4) is 0 Å². The summed E-state index contributed by atoms with van der Waals surface area (Å²) in [6, 6.07) is 16.0. The van der Waals surface area contributed by atoms with Crippen molar-refractivity contribution < 1.29 is 22.4 Å². The van der Waals surface area contributed by atoms with E-state index in [1.54, 1.807) is 24.3 Å². The predicted octanol–water partition coefficient (Wildman–Crippen LogP) is 6.38. The summed E-state index contributed by atoms with van der Waals surface area (Å²) in [5, 5.41) is 2.61. The third-order valence-electron chi connectivity index (χ3n) is 4.74. The highest BCUT2D eigenvalue weighted by molar-refractivity contribution is 6.04. The van der Waals surface area contributed by atoms with E-state index in [-0.39, 0.29) is 11.1 Å². The van der Waals surface area contributed by atoms with Gasteiger partial charge in [0.1, 0.15) is 5.52 Å². The van der Waals surface area contributed by atoms with Crippen LogP contribution in [0.5, 0.6) is 0 Å². The summed E-state index contributed by atoms with van der Waals surface area (Å²) < 4.78 is 45.0. The molecule has 0 spiro atoms. The van der Waals surface area contributed by atoms with E-state index in [4.69, 9.17) is 4.42 Å². The molecule has 0 radical (unpaired) electrons. The van der Waals surface area contributed by atoms with E-state index in [2.05, 4.69) is 10.3 Å². The SMILES string of the molecule is Cc1ccc2nc(-c3ccc(NC(=O)c4ccc(C)c(C(F)(F)F)c4)cc3)oc2c1. The molecule has 0 unspecified atom stereocenters. The van der Waals surface area contributed by atoms with Crippen LogP contribution in [0.4, 0.5) is 18.9 Å². The fraction of sp³-hybridized carbons (Fsp3) is 0.130. The molecule has 0 fully saturated rings. The minimum absolute atomic E-state index is 0.0636. The lowest BCUT2D eigenvalue weighted by molar-refractivity contribution is -0.138. The predicted molar refractivity (Wildman–Crippen MR) is 108 cm³/mol. The van der Waals surface area contributed by atoms with Crippen LogP contribution in [0.15, 0.2) is 65.1 Å². The molecule has 1 N–H and O–H groups in total. The lowest BCUT2D eigenvalue weighted by Gasteiger charge is -2.12. The normalized spacial score (nSPS) is 11.6. The number of aromatic nitrogens is 1. The van der Waals surface area contributed by atoms with Crippen molar-refractivity contribution in [1.29, 1.82) is 0 Å². The number of amides is 1. The monoisotopic (exact) mass is 410 g/mol. The number of carbonyl (C=O) groups is 1. The zero-order valence-corrected chi connectivity index (χ0v) is 16.2.